The highest BCUT2D eigenvalue weighted by Crippen LogP contribution is 2.11. The highest BCUT2D eigenvalue weighted by atomic mass is 79.9. The fourth-order valence-electron chi connectivity index (χ4n) is 1.55. The van der Waals surface area contributed by atoms with Crippen molar-refractivity contribution in [2.24, 2.45) is 0 Å². The van der Waals surface area contributed by atoms with Gasteiger partial charge in [0.25, 0.3) is 0 Å². The van der Waals surface area contributed by atoms with E-state index in [0.717, 1.165) is 30.6 Å². The summed E-state index contributed by atoms with van der Waals surface area (Å²) >= 11 is 3.47. The number of benzene rings is 1. The first-order chi connectivity index (χ1) is 8.18. The third-order valence-corrected chi connectivity index (χ3v) is 2.91. The van der Waals surface area contributed by atoms with Crippen LogP contribution in [0.4, 0.5) is 0 Å². The van der Waals surface area contributed by atoms with E-state index in [4.69, 9.17) is 4.74 Å². The summed E-state index contributed by atoms with van der Waals surface area (Å²) in [7, 11) is 0. The van der Waals surface area contributed by atoms with Gasteiger partial charge in [0.1, 0.15) is 0 Å². The van der Waals surface area contributed by atoms with Crippen LogP contribution in [0.3, 0.4) is 0 Å². The van der Waals surface area contributed by atoms with Crippen LogP contribution in [0.25, 0.3) is 0 Å². The number of hydrogen-bond acceptors (Lipinski definition) is 2. The quantitative estimate of drug-likeness (QED) is 0.738. The number of ether oxygens (including phenoxy) is 1. The zero-order valence-electron chi connectivity index (χ0n) is 10.7. The van der Waals surface area contributed by atoms with Gasteiger partial charge in [0.15, 0.2) is 0 Å². The summed E-state index contributed by atoms with van der Waals surface area (Å²) in [4.78, 5) is 0. The number of hydrogen-bond donors (Lipinski definition) is 1. The van der Waals surface area contributed by atoms with E-state index in [9.17, 15) is 0 Å². The van der Waals surface area contributed by atoms with Gasteiger partial charge in [-0.1, -0.05) is 28.1 Å². The summed E-state index contributed by atoms with van der Waals surface area (Å²) in [5, 5.41) is 3.44. The van der Waals surface area contributed by atoms with Crippen molar-refractivity contribution in [3.8, 4) is 0 Å². The maximum atomic E-state index is 5.49. The van der Waals surface area contributed by atoms with Crippen LogP contribution in [0.15, 0.2) is 28.7 Å². The van der Waals surface area contributed by atoms with Crippen molar-refractivity contribution in [1.82, 2.24) is 5.32 Å². The molecule has 0 fully saturated rings. The zero-order chi connectivity index (χ0) is 12.5. The molecule has 0 unspecified atom stereocenters. The highest BCUT2D eigenvalue weighted by molar-refractivity contribution is 9.10. The Hall–Kier alpha value is -0.380. The highest BCUT2D eigenvalue weighted by Gasteiger charge is 1.95. The Balaban J connectivity index is 2.01. The second-order valence-corrected chi connectivity index (χ2v) is 5.35. The molecule has 0 aromatic heterocycles. The van der Waals surface area contributed by atoms with Crippen LogP contribution in [0, 0.1) is 0 Å². The van der Waals surface area contributed by atoms with Crippen molar-refractivity contribution in [2.45, 2.75) is 39.3 Å². The molecule has 3 heteroatoms. The Morgan fingerprint density at radius 1 is 1.29 bits per heavy atom. The van der Waals surface area contributed by atoms with Gasteiger partial charge in [0, 0.05) is 17.6 Å². The van der Waals surface area contributed by atoms with Crippen LogP contribution in [-0.2, 0) is 11.3 Å². The predicted molar refractivity (Wildman–Crippen MR) is 76.2 cm³/mol. The second-order valence-electron chi connectivity index (χ2n) is 4.43. The minimum absolute atomic E-state index is 0.352. The third kappa shape index (κ3) is 7.53. The zero-order valence-corrected chi connectivity index (χ0v) is 12.3. The molecule has 1 N–H and O–H groups in total. The molecule has 0 aliphatic heterocycles. The molecule has 0 heterocycles. The lowest BCUT2D eigenvalue weighted by Crippen LogP contribution is -2.15. The van der Waals surface area contributed by atoms with Crippen LogP contribution in [0.5, 0.6) is 0 Å². The summed E-state index contributed by atoms with van der Waals surface area (Å²) in [6.45, 7) is 7.01. The Morgan fingerprint density at radius 2 is 2.12 bits per heavy atom. The lowest BCUT2D eigenvalue weighted by atomic mass is 10.2. The number of halogens is 1. The smallest absolute Gasteiger partial charge is 0.0518 e. The van der Waals surface area contributed by atoms with Gasteiger partial charge < -0.3 is 10.1 Å². The van der Waals surface area contributed by atoms with Gasteiger partial charge in [-0.2, -0.15) is 0 Å². The van der Waals surface area contributed by atoms with Crippen LogP contribution < -0.4 is 5.32 Å². The summed E-state index contributed by atoms with van der Waals surface area (Å²) < 4.78 is 6.63. The van der Waals surface area contributed by atoms with E-state index in [1.807, 2.05) is 6.07 Å². The van der Waals surface area contributed by atoms with Gasteiger partial charge in [-0.15, -0.1) is 0 Å². The van der Waals surface area contributed by atoms with E-state index in [2.05, 4.69) is 53.3 Å². The lowest BCUT2D eigenvalue weighted by Gasteiger charge is -2.08. The molecule has 17 heavy (non-hydrogen) atoms. The van der Waals surface area contributed by atoms with Gasteiger partial charge in [-0.25, -0.2) is 0 Å². The number of rotatable bonds is 8. The largest absolute Gasteiger partial charge is 0.379 e. The molecule has 0 amide bonds. The van der Waals surface area contributed by atoms with E-state index < -0.39 is 0 Å². The first kappa shape index (κ1) is 14.7. The second kappa shape index (κ2) is 8.67. The molecule has 1 aromatic carbocycles. The van der Waals surface area contributed by atoms with Crippen LogP contribution >= 0.6 is 15.9 Å². The maximum absolute atomic E-state index is 5.49. The summed E-state index contributed by atoms with van der Waals surface area (Å²) in [5.41, 5.74) is 1.32. The van der Waals surface area contributed by atoms with Crippen molar-refractivity contribution in [2.75, 3.05) is 13.2 Å². The molecule has 0 saturated carbocycles. The van der Waals surface area contributed by atoms with Gasteiger partial charge in [-0.3, -0.25) is 0 Å². The molecule has 0 atom stereocenters. The van der Waals surface area contributed by atoms with Crippen molar-refractivity contribution in [1.29, 1.82) is 0 Å². The summed E-state index contributed by atoms with van der Waals surface area (Å²) in [6.07, 6.45) is 2.65. The van der Waals surface area contributed by atoms with E-state index >= 15 is 0 Å². The minimum atomic E-state index is 0.352. The molecule has 1 rings (SSSR count). The van der Waals surface area contributed by atoms with Gasteiger partial charge in [0.05, 0.1) is 6.10 Å². The molecular formula is C14H22BrNO. The fourth-order valence-corrected chi connectivity index (χ4v) is 2.00. The molecule has 0 spiro atoms. The van der Waals surface area contributed by atoms with Gasteiger partial charge >= 0.3 is 0 Å². The SMILES string of the molecule is CC(C)OCCCCNCc1cccc(Br)c1. The Morgan fingerprint density at radius 3 is 2.82 bits per heavy atom. The Labute approximate surface area is 113 Å². The molecule has 0 saturated heterocycles. The van der Waals surface area contributed by atoms with Crippen LogP contribution in [-0.4, -0.2) is 19.3 Å². The minimum Gasteiger partial charge on any atom is -0.379 e. The van der Waals surface area contributed by atoms with Gasteiger partial charge in [-0.05, 0) is 50.9 Å². The maximum Gasteiger partial charge on any atom is 0.0518 e. The molecule has 2 nitrogen and oxygen atoms in total. The molecule has 1 aromatic rings. The van der Waals surface area contributed by atoms with Crippen LogP contribution in [0.1, 0.15) is 32.3 Å². The monoisotopic (exact) mass is 299 g/mol. The standard InChI is InChI=1S/C14H22BrNO/c1-12(2)17-9-4-3-8-16-11-13-6-5-7-14(15)10-13/h5-7,10,12,16H,3-4,8-9,11H2,1-2H3. The average molecular weight is 300 g/mol. The van der Waals surface area contributed by atoms with Crippen molar-refractivity contribution in [3.63, 3.8) is 0 Å². The third-order valence-electron chi connectivity index (χ3n) is 2.42. The first-order valence-corrected chi connectivity index (χ1v) is 7.04. The average Bonchev–Trinajstić information content (AvgIpc) is 2.27. The van der Waals surface area contributed by atoms with E-state index in [-0.39, 0.29) is 0 Å². The van der Waals surface area contributed by atoms with Gasteiger partial charge in [0.2, 0.25) is 0 Å². The topological polar surface area (TPSA) is 21.3 Å². The fraction of sp³-hybridized carbons (Fsp3) is 0.571. The molecule has 0 bridgehead atoms. The molecule has 0 aliphatic carbocycles. The van der Waals surface area contributed by atoms with Crippen LogP contribution in [0.2, 0.25) is 0 Å². The van der Waals surface area contributed by atoms with Crippen molar-refractivity contribution < 1.29 is 4.74 Å². The van der Waals surface area contributed by atoms with E-state index in [1.165, 1.54) is 12.0 Å². The summed E-state index contributed by atoms with van der Waals surface area (Å²) in [6, 6.07) is 8.40. The number of nitrogens with one attached hydrogen (secondary N) is 1. The molecule has 0 aliphatic rings. The first-order valence-electron chi connectivity index (χ1n) is 6.25. The lowest BCUT2D eigenvalue weighted by molar-refractivity contribution is 0.0760. The Bertz CT molecular complexity index is 315. The van der Waals surface area contributed by atoms with Crippen molar-refractivity contribution in [3.05, 3.63) is 34.3 Å². The van der Waals surface area contributed by atoms with Crippen molar-refractivity contribution >= 4 is 15.9 Å². The molecule has 96 valence electrons. The predicted octanol–water partition coefficient (Wildman–Crippen LogP) is 3.74. The number of unbranched alkanes of at least 4 members (excludes halogenated alkanes) is 1. The molecule has 0 radical (unpaired) electrons. The summed E-state index contributed by atoms with van der Waals surface area (Å²) in [5.74, 6) is 0. The molecular weight excluding hydrogens is 278 g/mol. The van der Waals surface area contributed by atoms with E-state index in [1.54, 1.807) is 0 Å². The van der Waals surface area contributed by atoms with E-state index in [0.29, 0.717) is 6.10 Å². The normalized spacial score (nSPS) is 11.1. The Kier molecular flexibility index (Phi) is 7.49.